The zero-order valence-electron chi connectivity index (χ0n) is 18.5. The fourth-order valence-corrected chi connectivity index (χ4v) is 5.73. The standard InChI is InChI=1S/C24H36Cl2N4O/c25-21-5-3-6-22(23(21)26)29-15-4-12-28(17-18-29)16-11-19-7-9-20(10-8-19)27-24(31)30-13-1-2-14-30/h3,5-6,19-20H,1-2,4,7-18H2,(H,27,31)/t19-,20-. The van der Waals surface area contributed by atoms with Crippen LogP contribution in [0.25, 0.3) is 0 Å². The molecule has 1 saturated carbocycles. The highest BCUT2D eigenvalue weighted by Gasteiger charge is 2.26. The molecule has 7 heteroatoms. The normalized spacial score (nSPS) is 25.5. The molecular formula is C24H36Cl2N4O. The number of rotatable bonds is 5. The molecule has 3 fully saturated rings. The summed E-state index contributed by atoms with van der Waals surface area (Å²) >= 11 is 12.7. The molecule has 1 aromatic carbocycles. The predicted octanol–water partition coefficient (Wildman–Crippen LogP) is 5.26. The molecule has 0 unspecified atom stereocenters. The van der Waals surface area contributed by atoms with Crippen molar-refractivity contribution in [2.75, 3.05) is 50.7 Å². The summed E-state index contributed by atoms with van der Waals surface area (Å²) in [7, 11) is 0. The fourth-order valence-electron chi connectivity index (χ4n) is 5.32. The van der Waals surface area contributed by atoms with Gasteiger partial charge in [-0.15, -0.1) is 0 Å². The van der Waals surface area contributed by atoms with Crippen molar-refractivity contribution in [2.24, 2.45) is 5.92 Å². The summed E-state index contributed by atoms with van der Waals surface area (Å²) in [5, 5.41) is 4.58. The van der Waals surface area contributed by atoms with Crippen molar-refractivity contribution in [1.82, 2.24) is 15.1 Å². The third kappa shape index (κ3) is 6.21. The van der Waals surface area contributed by atoms with Crippen molar-refractivity contribution in [3.05, 3.63) is 28.2 Å². The lowest BCUT2D eigenvalue weighted by Gasteiger charge is -2.31. The van der Waals surface area contributed by atoms with Crippen LogP contribution in [0, 0.1) is 5.92 Å². The van der Waals surface area contributed by atoms with Crippen LogP contribution in [0.1, 0.15) is 51.4 Å². The van der Waals surface area contributed by atoms with E-state index in [9.17, 15) is 4.79 Å². The Morgan fingerprint density at radius 3 is 2.48 bits per heavy atom. The van der Waals surface area contributed by atoms with Crippen LogP contribution in [0.5, 0.6) is 0 Å². The Bertz CT molecular complexity index is 732. The Kier molecular flexibility index (Phi) is 8.24. The van der Waals surface area contributed by atoms with E-state index in [1.165, 1.54) is 25.8 Å². The van der Waals surface area contributed by atoms with Gasteiger partial charge in [0.25, 0.3) is 0 Å². The van der Waals surface area contributed by atoms with Gasteiger partial charge in [-0.2, -0.15) is 0 Å². The molecule has 0 radical (unpaired) electrons. The lowest BCUT2D eigenvalue weighted by Crippen LogP contribution is -2.45. The second-order valence-electron chi connectivity index (χ2n) is 9.41. The zero-order chi connectivity index (χ0) is 21.6. The first-order chi connectivity index (χ1) is 15.1. The number of hydrogen-bond acceptors (Lipinski definition) is 3. The molecule has 5 nitrogen and oxygen atoms in total. The van der Waals surface area contributed by atoms with Crippen molar-refractivity contribution in [1.29, 1.82) is 0 Å². The van der Waals surface area contributed by atoms with Gasteiger partial charge in [-0.05, 0) is 82.5 Å². The molecular weight excluding hydrogens is 431 g/mol. The average Bonchev–Trinajstić information content (AvgIpc) is 3.22. The van der Waals surface area contributed by atoms with E-state index in [0.717, 1.165) is 83.0 Å². The molecule has 2 amide bonds. The molecule has 0 bridgehead atoms. The van der Waals surface area contributed by atoms with Gasteiger partial charge in [-0.3, -0.25) is 0 Å². The van der Waals surface area contributed by atoms with Crippen molar-refractivity contribution in [3.63, 3.8) is 0 Å². The maximum absolute atomic E-state index is 12.3. The Labute approximate surface area is 197 Å². The summed E-state index contributed by atoms with van der Waals surface area (Å²) in [6, 6.07) is 6.44. The molecule has 0 spiro atoms. The molecule has 172 valence electrons. The van der Waals surface area contributed by atoms with Gasteiger partial charge in [0, 0.05) is 38.8 Å². The van der Waals surface area contributed by atoms with Gasteiger partial charge >= 0.3 is 6.03 Å². The fraction of sp³-hybridized carbons (Fsp3) is 0.708. The van der Waals surface area contributed by atoms with Crippen LogP contribution < -0.4 is 10.2 Å². The van der Waals surface area contributed by atoms with Gasteiger partial charge in [0.05, 0.1) is 15.7 Å². The maximum Gasteiger partial charge on any atom is 0.317 e. The monoisotopic (exact) mass is 466 g/mol. The second-order valence-corrected chi connectivity index (χ2v) is 10.2. The minimum Gasteiger partial charge on any atom is -0.369 e. The molecule has 0 atom stereocenters. The van der Waals surface area contributed by atoms with E-state index >= 15 is 0 Å². The van der Waals surface area contributed by atoms with Crippen LogP contribution in [-0.2, 0) is 0 Å². The summed E-state index contributed by atoms with van der Waals surface area (Å²) in [5.41, 5.74) is 1.06. The van der Waals surface area contributed by atoms with Gasteiger partial charge in [0.2, 0.25) is 0 Å². The largest absolute Gasteiger partial charge is 0.369 e. The van der Waals surface area contributed by atoms with Crippen molar-refractivity contribution >= 4 is 34.9 Å². The molecule has 4 rings (SSSR count). The SMILES string of the molecule is O=C(N[C@H]1CC[C@H](CCN2CCCN(c3cccc(Cl)c3Cl)CC2)CC1)N1CCCC1. The van der Waals surface area contributed by atoms with E-state index in [-0.39, 0.29) is 6.03 Å². The Morgan fingerprint density at radius 2 is 1.71 bits per heavy atom. The van der Waals surface area contributed by atoms with E-state index < -0.39 is 0 Å². The smallest absolute Gasteiger partial charge is 0.317 e. The summed E-state index contributed by atoms with van der Waals surface area (Å²) in [6.45, 7) is 7.27. The Morgan fingerprint density at radius 1 is 0.935 bits per heavy atom. The molecule has 2 heterocycles. The van der Waals surface area contributed by atoms with Crippen LogP contribution in [0.15, 0.2) is 18.2 Å². The molecule has 1 aromatic rings. The van der Waals surface area contributed by atoms with E-state index in [0.29, 0.717) is 16.1 Å². The summed E-state index contributed by atoms with van der Waals surface area (Å²) in [6.07, 6.45) is 9.46. The lowest BCUT2D eigenvalue weighted by molar-refractivity contribution is 0.191. The number of hydrogen-bond donors (Lipinski definition) is 1. The van der Waals surface area contributed by atoms with Crippen LogP contribution in [0.4, 0.5) is 10.5 Å². The summed E-state index contributed by atoms with van der Waals surface area (Å²) < 4.78 is 0. The van der Waals surface area contributed by atoms with Gasteiger partial charge < -0.3 is 20.0 Å². The van der Waals surface area contributed by atoms with E-state index in [4.69, 9.17) is 23.2 Å². The average molecular weight is 467 g/mol. The van der Waals surface area contributed by atoms with Crippen molar-refractivity contribution < 1.29 is 4.79 Å². The van der Waals surface area contributed by atoms with Gasteiger partial charge in [0.1, 0.15) is 0 Å². The second kappa shape index (κ2) is 11.1. The van der Waals surface area contributed by atoms with Crippen molar-refractivity contribution in [3.8, 4) is 0 Å². The number of halogens is 2. The topological polar surface area (TPSA) is 38.8 Å². The van der Waals surface area contributed by atoms with Crippen LogP contribution >= 0.6 is 23.2 Å². The highest BCUT2D eigenvalue weighted by atomic mass is 35.5. The zero-order valence-corrected chi connectivity index (χ0v) is 20.0. The first-order valence-electron chi connectivity index (χ1n) is 12.1. The first-order valence-corrected chi connectivity index (χ1v) is 12.8. The highest BCUT2D eigenvalue weighted by molar-refractivity contribution is 6.43. The highest BCUT2D eigenvalue weighted by Crippen LogP contribution is 2.33. The van der Waals surface area contributed by atoms with Crippen LogP contribution in [0.3, 0.4) is 0 Å². The number of urea groups is 1. The van der Waals surface area contributed by atoms with Gasteiger partial charge in [0.15, 0.2) is 0 Å². The Hall–Kier alpha value is -1.17. The van der Waals surface area contributed by atoms with Crippen LogP contribution in [-0.4, -0.2) is 67.7 Å². The quantitative estimate of drug-likeness (QED) is 0.642. The summed E-state index contributed by atoms with van der Waals surface area (Å²) in [5.74, 6) is 0.793. The minimum absolute atomic E-state index is 0.162. The summed E-state index contributed by atoms with van der Waals surface area (Å²) in [4.78, 5) is 19.3. The molecule has 2 saturated heterocycles. The molecule has 31 heavy (non-hydrogen) atoms. The van der Waals surface area contributed by atoms with E-state index in [1.807, 2.05) is 17.0 Å². The van der Waals surface area contributed by atoms with Crippen LogP contribution in [0.2, 0.25) is 10.0 Å². The third-order valence-electron chi connectivity index (χ3n) is 7.28. The lowest BCUT2D eigenvalue weighted by atomic mass is 9.84. The number of nitrogens with one attached hydrogen (secondary N) is 1. The number of nitrogens with zero attached hydrogens (tertiary/aromatic N) is 3. The van der Waals surface area contributed by atoms with E-state index in [2.05, 4.69) is 21.2 Å². The molecule has 1 aliphatic carbocycles. The molecule has 2 aliphatic heterocycles. The molecule has 1 N–H and O–H groups in total. The van der Waals surface area contributed by atoms with Gasteiger partial charge in [-0.1, -0.05) is 29.3 Å². The van der Waals surface area contributed by atoms with Gasteiger partial charge in [-0.25, -0.2) is 4.79 Å². The first kappa shape index (κ1) is 23.0. The third-order valence-corrected chi connectivity index (χ3v) is 8.09. The number of carbonyl (C=O) groups excluding carboxylic acids is 1. The number of amides is 2. The maximum atomic E-state index is 12.3. The van der Waals surface area contributed by atoms with E-state index in [1.54, 1.807) is 0 Å². The molecule has 3 aliphatic rings. The number of benzene rings is 1. The molecule has 0 aromatic heterocycles. The number of likely N-dealkylation sites (tertiary alicyclic amines) is 1. The number of anilines is 1. The van der Waals surface area contributed by atoms with Crippen molar-refractivity contribution in [2.45, 2.75) is 57.4 Å². The number of carbonyl (C=O) groups is 1. The minimum atomic E-state index is 0.162. The predicted molar refractivity (Wildman–Crippen MR) is 129 cm³/mol. The Balaban J connectivity index is 1.17.